The van der Waals surface area contributed by atoms with Crippen molar-refractivity contribution in [3.05, 3.63) is 58.2 Å². The molecular formula is C28H39F3N2O4. The van der Waals surface area contributed by atoms with Crippen LogP contribution in [0.5, 0.6) is 0 Å². The molecule has 0 fully saturated rings. The van der Waals surface area contributed by atoms with E-state index < -0.39 is 29.6 Å². The molecule has 1 aliphatic rings. The second kappa shape index (κ2) is 13.1. The summed E-state index contributed by atoms with van der Waals surface area (Å²) in [5.74, 6) is -2.93. The summed E-state index contributed by atoms with van der Waals surface area (Å²) >= 11 is 0. The molecule has 37 heavy (non-hydrogen) atoms. The largest absolute Gasteiger partial charge is 0.616 e. The lowest BCUT2D eigenvalue weighted by Gasteiger charge is -2.32. The fourth-order valence-electron chi connectivity index (χ4n) is 4.53. The summed E-state index contributed by atoms with van der Waals surface area (Å²) in [5.41, 5.74) is -0.916. The van der Waals surface area contributed by atoms with Crippen molar-refractivity contribution in [3.63, 3.8) is 0 Å². The zero-order chi connectivity index (χ0) is 27.8. The smallest absolute Gasteiger partial charge is 0.416 e. The van der Waals surface area contributed by atoms with Crippen molar-refractivity contribution in [1.82, 2.24) is 0 Å². The second-order valence-electron chi connectivity index (χ2n) is 10.4. The molecule has 0 aliphatic carbocycles. The number of rotatable bonds is 12. The van der Waals surface area contributed by atoms with Gasteiger partial charge in [0.1, 0.15) is 0 Å². The van der Waals surface area contributed by atoms with Crippen LogP contribution in [0.2, 0.25) is 0 Å². The van der Waals surface area contributed by atoms with Crippen LogP contribution < -0.4 is 5.11 Å². The van der Waals surface area contributed by atoms with E-state index in [1.807, 2.05) is 0 Å². The summed E-state index contributed by atoms with van der Waals surface area (Å²) in [4.78, 5) is 17.5. The second-order valence-corrected chi connectivity index (χ2v) is 10.4. The molecule has 1 heterocycles. The van der Waals surface area contributed by atoms with Crippen molar-refractivity contribution in [2.24, 2.45) is 4.99 Å². The zero-order valence-corrected chi connectivity index (χ0v) is 22.7. The third-order valence-corrected chi connectivity index (χ3v) is 6.35. The van der Waals surface area contributed by atoms with Crippen LogP contribution in [-0.2, 0) is 20.4 Å². The van der Waals surface area contributed by atoms with Crippen molar-refractivity contribution in [3.8, 4) is 0 Å². The fraction of sp³-hybridized carbons (Fsp3) is 0.571. The van der Waals surface area contributed by atoms with Gasteiger partial charge >= 0.3 is 12.1 Å². The number of benzene rings is 1. The van der Waals surface area contributed by atoms with Gasteiger partial charge in [0.2, 0.25) is 0 Å². The molecule has 206 valence electrons. The fourth-order valence-corrected chi connectivity index (χ4v) is 4.53. The maximum atomic E-state index is 13.9. The Balaban J connectivity index is 2.18. The molecule has 0 saturated heterocycles. The summed E-state index contributed by atoms with van der Waals surface area (Å²) in [6.07, 6.45) is 1.26. The van der Waals surface area contributed by atoms with E-state index in [0.29, 0.717) is 6.42 Å². The van der Waals surface area contributed by atoms with Gasteiger partial charge in [0.15, 0.2) is 0 Å². The standard InChI is InChI=1S/C28H39F3N2O4/c1-19-23(26(34)36-6)25(21-15-11-12-16-22(21)28(29,30)31)24(20(2)32-19)27(35)37-18-14-10-8-7-9-13-17-33(3,4)5/h11-12,15-16,25H,7-10,13-14,17-18H2,1-6H3. The first kappa shape index (κ1) is 30.4. The molecule has 1 atom stereocenters. The topological polar surface area (TPSA) is 71.0 Å². The van der Waals surface area contributed by atoms with E-state index in [1.54, 1.807) is 0 Å². The number of quaternary nitrogens is 1. The van der Waals surface area contributed by atoms with E-state index >= 15 is 0 Å². The maximum Gasteiger partial charge on any atom is 0.416 e. The first-order chi connectivity index (χ1) is 17.3. The SMILES string of the molecule is CO/C([O-])=C1\C(C)=NC(C)=C(C(=O)OCCCCCCCC[N+](C)(C)C)C1c1ccccc1C(F)(F)F. The summed E-state index contributed by atoms with van der Waals surface area (Å²) < 4.78 is 53.0. The van der Waals surface area contributed by atoms with Gasteiger partial charge < -0.3 is 19.1 Å². The highest BCUT2D eigenvalue weighted by Crippen LogP contribution is 2.44. The van der Waals surface area contributed by atoms with E-state index in [9.17, 15) is 23.1 Å². The lowest BCUT2D eigenvalue weighted by atomic mass is 9.78. The predicted octanol–water partition coefficient (Wildman–Crippen LogP) is 5.35. The van der Waals surface area contributed by atoms with Gasteiger partial charge in [0, 0.05) is 22.9 Å². The normalized spacial score (nSPS) is 18.0. The number of esters is 1. The van der Waals surface area contributed by atoms with Crippen molar-refractivity contribution in [1.29, 1.82) is 0 Å². The minimum Gasteiger partial charge on any atom is -0.616 e. The van der Waals surface area contributed by atoms with Crippen LogP contribution in [0, 0.1) is 0 Å². The van der Waals surface area contributed by atoms with E-state index in [-0.39, 0.29) is 34.7 Å². The van der Waals surface area contributed by atoms with Gasteiger partial charge in [0.25, 0.3) is 0 Å². The van der Waals surface area contributed by atoms with Crippen LogP contribution in [0.15, 0.2) is 52.0 Å². The minimum atomic E-state index is -4.69. The number of hydrogen-bond donors (Lipinski definition) is 0. The van der Waals surface area contributed by atoms with E-state index in [1.165, 1.54) is 32.0 Å². The van der Waals surface area contributed by atoms with Gasteiger partial charge in [-0.1, -0.05) is 37.5 Å². The number of unbranched alkanes of at least 4 members (excludes halogenated alkanes) is 5. The Kier molecular flexibility index (Phi) is 10.8. The molecule has 0 saturated carbocycles. The molecule has 0 amide bonds. The molecule has 0 bridgehead atoms. The van der Waals surface area contributed by atoms with E-state index in [2.05, 4.69) is 26.1 Å². The molecule has 0 spiro atoms. The molecule has 0 N–H and O–H groups in total. The molecule has 1 aromatic rings. The number of nitrogens with zero attached hydrogens (tertiary/aromatic N) is 2. The van der Waals surface area contributed by atoms with Crippen molar-refractivity contribution in [2.45, 2.75) is 64.5 Å². The molecule has 1 unspecified atom stereocenters. The Morgan fingerprint density at radius 1 is 1.03 bits per heavy atom. The number of allylic oxidation sites excluding steroid dienone is 2. The van der Waals surface area contributed by atoms with Gasteiger partial charge in [-0.05, 0) is 51.8 Å². The maximum absolute atomic E-state index is 13.9. The number of carbonyl (C=O) groups is 1. The number of hydrogen-bond acceptors (Lipinski definition) is 5. The van der Waals surface area contributed by atoms with E-state index in [0.717, 1.165) is 56.3 Å². The summed E-state index contributed by atoms with van der Waals surface area (Å²) in [6, 6.07) is 4.92. The quantitative estimate of drug-likeness (QED) is 0.160. The predicted molar refractivity (Wildman–Crippen MR) is 136 cm³/mol. The average molecular weight is 525 g/mol. The monoisotopic (exact) mass is 524 g/mol. The first-order valence-electron chi connectivity index (χ1n) is 12.6. The van der Waals surface area contributed by atoms with Crippen LogP contribution >= 0.6 is 0 Å². The molecule has 1 aromatic carbocycles. The summed E-state index contributed by atoms with van der Waals surface area (Å²) in [7, 11) is 7.65. The number of carbonyl (C=O) groups excluding carboxylic acids is 1. The van der Waals surface area contributed by atoms with Crippen molar-refractivity contribution in [2.75, 3.05) is 41.4 Å². The van der Waals surface area contributed by atoms with Crippen LogP contribution in [0.1, 0.15) is 69.4 Å². The van der Waals surface area contributed by atoms with Gasteiger partial charge in [-0.25, -0.2) is 4.79 Å². The Labute approximate surface area is 218 Å². The molecule has 6 nitrogen and oxygen atoms in total. The van der Waals surface area contributed by atoms with Crippen molar-refractivity contribution >= 4 is 11.7 Å². The molecule has 0 radical (unpaired) electrons. The highest BCUT2D eigenvalue weighted by atomic mass is 19.4. The molecule has 2 rings (SSSR count). The van der Waals surface area contributed by atoms with Crippen LogP contribution in [0.3, 0.4) is 0 Å². The molecule has 1 aliphatic heterocycles. The lowest BCUT2D eigenvalue weighted by Crippen LogP contribution is -2.35. The highest BCUT2D eigenvalue weighted by Gasteiger charge is 2.41. The number of aliphatic imine (C=N–C) groups is 1. The molecule has 0 aromatic heterocycles. The summed E-state index contributed by atoms with van der Waals surface area (Å²) in [5, 5.41) is 12.7. The highest BCUT2D eigenvalue weighted by molar-refractivity contribution is 6.06. The van der Waals surface area contributed by atoms with Crippen molar-refractivity contribution < 1.29 is 37.0 Å². The third-order valence-electron chi connectivity index (χ3n) is 6.35. The van der Waals surface area contributed by atoms with Crippen LogP contribution in [-0.4, -0.2) is 57.6 Å². The number of ether oxygens (including phenoxy) is 2. The van der Waals surface area contributed by atoms with Gasteiger partial charge in [0.05, 0.1) is 51.4 Å². The number of methoxy groups -OCH3 is 1. The summed E-state index contributed by atoms with van der Waals surface area (Å²) in [6.45, 7) is 4.31. The third kappa shape index (κ3) is 8.62. The van der Waals surface area contributed by atoms with Gasteiger partial charge in [-0.3, -0.25) is 4.99 Å². The zero-order valence-electron chi connectivity index (χ0n) is 22.7. The number of alkyl halides is 3. The number of halogens is 3. The Hall–Kier alpha value is -2.81. The average Bonchev–Trinajstić information content (AvgIpc) is 2.80. The molecular weight excluding hydrogens is 485 g/mol. The Morgan fingerprint density at radius 3 is 2.22 bits per heavy atom. The van der Waals surface area contributed by atoms with Crippen LogP contribution in [0.25, 0.3) is 0 Å². The Morgan fingerprint density at radius 2 is 1.62 bits per heavy atom. The first-order valence-corrected chi connectivity index (χ1v) is 12.6. The van der Waals surface area contributed by atoms with Gasteiger partial charge in [-0.2, -0.15) is 13.2 Å². The lowest BCUT2D eigenvalue weighted by molar-refractivity contribution is -0.870. The van der Waals surface area contributed by atoms with E-state index in [4.69, 9.17) is 9.47 Å². The molecule has 9 heteroatoms. The van der Waals surface area contributed by atoms with Crippen LogP contribution in [0.4, 0.5) is 13.2 Å². The van der Waals surface area contributed by atoms with Gasteiger partial charge in [-0.15, -0.1) is 0 Å². The Bertz CT molecular complexity index is 1040. The minimum absolute atomic E-state index is 0.0806.